The van der Waals surface area contributed by atoms with Crippen LogP contribution >= 0.6 is 0 Å². The van der Waals surface area contributed by atoms with Crippen LogP contribution in [0.4, 0.5) is 22.0 Å². The van der Waals surface area contributed by atoms with Gasteiger partial charge in [0.1, 0.15) is 0 Å². The van der Waals surface area contributed by atoms with Crippen molar-refractivity contribution in [3.05, 3.63) is 12.2 Å². The zero-order chi connectivity index (χ0) is 11.6. The van der Waals surface area contributed by atoms with Crippen LogP contribution in [-0.4, -0.2) is 18.3 Å². The Bertz CT molecular complexity index is 243. The van der Waals surface area contributed by atoms with Gasteiger partial charge in [0.15, 0.2) is 0 Å². The zero-order valence-electron chi connectivity index (χ0n) is 7.12. The fourth-order valence-corrected chi connectivity index (χ4v) is 0.391. The molecule has 0 spiro atoms. The normalized spacial score (nSPS) is 12.4. The molecule has 0 heterocycles. The molecule has 0 fully saturated rings. The van der Waals surface area contributed by atoms with E-state index in [-0.39, 0.29) is 6.42 Å². The van der Waals surface area contributed by atoms with Gasteiger partial charge in [-0.25, -0.2) is 4.79 Å². The SMILES string of the molecule is C=C(CC)C(=O)OC(F)(F)C(F)(F)F. The number of carbonyl (C=O) groups excluding carboxylic acids is 1. The van der Waals surface area contributed by atoms with Crippen LogP contribution in [0.1, 0.15) is 13.3 Å². The maximum Gasteiger partial charge on any atom is 0.501 e. The first-order valence-electron chi connectivity index (χ1n) is 3.47. The third kappa shape index (κ3) is 2.97. The molecule has 0 saturated carbocycles. The van der Waals surface area contributed by atoms with E-state index in [9.17, 15) is 26.7 Å². The fraction of sp³-hybridized carbons (Fsp3) is 0.571. The predicted octanol–water partition coefficient (Wildman–Crippen LogP) is 2.65. The Hall–Kier alpha value is -1.14. The maximum atomic E-state index is 12.1. The van der Waals surface area contributed by atoms with Gasteiger partial charge in [0.2, 0.25) is 0 Å². The molecule has 0 aliphatic carbocycles. The number of alkyl halides is 5. The molecule has 0 atom stereocenters. The van der Waals surface area contributed by atoms with E-state index in [1.165, 1.54) is 6.92 Å². The molecule has 0 aromatic heterocycles. The lowest BCUT2D eigenvalue weighted by Crippen LogP contribution is -2.41. The quantitative estimate of drug-likeness (QED) is 0.413. The minimum absolute atomic E-state index is 0.0627. The van der Waals surface area contributed by atoms with E-state index in [2.05, 4.69) is 11.3 Å². The fourth-order valence-electron chi connectivity index (χ4n) is 0.391. The number of ether oxygens (including phenoxy) is 1. The van der Waals surface area contributed by atoms with Crippen LogP contribution in [0, 0.1) is 0 Å². The van der Waals surface area contributed by atoms with Gasteiger partial charge in [-0.2, -0.15) is 22.0 Å². The van der Waals surface area contributed by atoms with E-state index < -0.39 is 23.8 Å². The minimum atomic E-state index is -5.91. The lowest BCUT2D eigenvalue weighted by molar-refractivity contribution is -0.375. The number of rotatable bonds is 3. The number of halogens is 5. The summed E-state index contributed by atoms with van der Waals surface area (Å²) >= 11 is 0. The molecular formula is C7H7F5O2. The van der Waals surface area contributed by atoms with Crippen molar-refractivity contribution in [2.75, 3.05) is 0 Å². The van der Waals surface area contributed by atoms with Crippen LogP contribution in [0.5, 0.6) is 0 Å². The van der Waals surface area contributed by atoms with Crippen molar-refractivity contribution >= 4 is 5.97 Å². The molecule has 0 bridgehead atoms. The third-order valence-corrected chi connectivity index (χ3v) is 1.27. The number of esters is 1. The van der Waals surface area contributed by atoms with E-state index in [0.717, 1.165) is 0 Å². The van der Waals surface area contributed by atoms with E-state index in [0.29, 0.717) is 0 Å². The van der Waals surface area contributed by atoms with Gasteiger partial charge in [0.05, 0.1) is 0 Å². The van der Waals surface area contributed by atoms with Crippen LogP contribution in [0.25, 0.3) is 0 Å². The first-order valence-corrected chi connectivity index (χ1v) is 3.47. The predicted molar refractivity (Wildman–Crippen MR) is 36.5 cm³/mol. The summed E-state index contributed by atoms with van der Waals surface area (Å²) in [4.78, 5) is 10.5. The van der Waals surface area contributed by atoms with Gasteiger partial charge in [-0.3, -0.25) is 0 Å². The molecule has 0 aromatic carbocycles. The molecular weight excluding hydrogens is 211 g/mol. The topological polar surface area (TPSA) is 26.3 Å². The largest absolute Gasteiger partial charge is 0.501 e. The molecule has 0 amide bonds. The Kier molecular flexibility index (Phi) is 3.61. The highest BCUT2D eigenvalue weighted by atomic mass is 19.4. The van der Waals surface area contributed by atoms with Gasteiger partial charge in [-0.1, -0.05) is 13.5 Å². The zero-order valence-corrected chi connectivity index (χ0v) is 7.12. The number of hydrogen-bond donors (Lipinski definition) is 0. The molecule has 0 N–H and O–H groups in total. The second-order valence-electron chi connectivity index (χ2n) is 2.36. The summed E-state index contributed by atoms with van der Waals surface area (Å²) in [5.41, 5.74) is -0.450. The molecule has 0 saturated heterocycles. The monoisotopic (exact) mass is 218 g/mol. The maximum absolute atomic E-state index is 12.1. The highest BCUT2D eigenvalue weighted by Gasteiger charge is 2.62. The number of carbonyl (C=O) groups is 1. The Labute approximate surface area is 76.3 Å². The Balaban J connectivity index is 4.53. The van der Waals surface area contributed by atoms with Crippen molar-refractivity contribution in [3.63, 3.8) is 0 Å². The average Bonchev–Trinajstić information content (AvgIpc) is 2.00. The minimum Gasteiger partial charge on any atom is -0.390 e. The first-order chi connectivity index (χ1) is 6.12. The lowest BCUT2D eigenvalue weighted by Gasteiger charge is -2.19. The molecule has 14 heavy (non-hydrogen) atoms. The standard InChI is InChI=1S/C7H7F5O2/c1-3-4(2)5(13)14-7(11,12)6(8,9)10/h2-3H2,1H3. The Morgan fingerprint density at radius 3 is 2.00 bits per heavy atom. The molecule has 82 valence electrons. The third-order valence-electron chi connectivity index (χ3n) is 1.27. The summed E-state index contributed by atoms with van der Waals surface area (Å²) in [5, 5.41) is 0. The van der Waals surface area contributed by atoms with Gasteiger partial charge in [0.25, 0.3) is 0 Å². The average molecular weight is 218 g/mol. The van der Waals surface area contributed by atoms with E-state index in [4.69, 9.17) is 0 Å². The summed E-state index contributed by atoms with van der Waals surface area (Å²) in [7, 11) is 0. The van der Waals surface area contributed by atoms with Crippen LogP contribution in [-0.2, 0) is 9.53 Å². The van der Waals surface area contributed by atoms with Gasteiger partial charge in [-0.15, -0.1) is 0 Å². The summed E-state index contributed by atoms with van der Waals surface area (Å²) in [6.07, 6.45) is -11.4. The van der Waals surface area contributed by atoms with Gasteiger partial charge in [0, 0.05) is 5.57 Å². The van der Waals surface area contributed by atoms with Gasteiger partial charge < -0.3 is 4.74 Å². The molecule has 7 heteroatoms. The van der Waals surface area contributed by atoms with E-state index in [1.807, 2.05) is 0 Å². The van der Waals surface area contributed by atoms with Crippen molar-refractivity contribution in [3.8, 4) is 0 Å². The van der Waals surface area contributed by atoms with Crippen LogP contribution in [0.2, 0.25) is 0 Å². The summed E-state index contributed by atoms with van der Waals surface area (Å²) in [6.45, 7) is 4.33. The molecule has 0 unspecified atom stereocenters. The molecule has 0 aromatic rings. The lowest BCUT2D eigenvalue weighted by atomic mass is 10.2. The van der Waals surface area contributed by atoms with E-state index >= 15 is 0 Å². The summed E-state index contributed by atoms with van der Waals surface area (Å²) in [6, 6.07) is 0. The van der Waals surface area contributed by atoms with Crippen LogP contribution < -0.4 is 0 Å². The molecule has 0 rings (SSSR count). The summed E-state index contributed by atoms with van der Waals surface area (Å²) < 4.78 is 61.6. The number of hydrogen-bond acceptors (Lipinski definition) is 2. The molecule has 2 nitrogen and oxygen atoms in total. The van der Waals surface area contributed by atoms with Crippen molar-refractivity contribution in [2.45, 2.75) is 25.6 Å². The second kappa shape index (κ2) is 3.93. The second-order valence-corrected chi connectivity index (χ2v) is 2.36. The van der Waals surface area contributed by atoms with Gasteiger partial charge in [-0.05, 0) is 6.42 Å². The first kappa shape index (κ1) is 12.9. The summed E-state index contributed by atoms with van der Waals surface area (Å²) in [5.74, 6) is -1.75. The highest BCUT2D eigenvalue weighted by molar-refractivity contribution is 5.87. The van der Waals surface area contributed by atoms with E-state index in [1.54, 1.807) is 0 Å². The molecule has 0 aliphatic heterocycles. The van der Waals surface area contributed by atoms with Crippen molar-refractivity contribution < 1.29 is 31.5 Å². The smallest absolute Gasteiger partial charge is 0.390 e. The molecule has 0 aliphatic rings. The Morgan fingerprint density at radius 2 is 1.71 bits per heavy atom. The highest BCUT2D eigenvalue weighted by Crippen LogP contribution is 2.36. The van der Waals surface area contributed by atoms with Crippen molar-refractivity contribution in [2.24, 2.45) is 0 Å². The molecule has 0 radical (unpaired) electrons. The van der Waals surface area contributed by atoms with Crippen molar-refractivity contribution in [1.82, 2.24) is 0 Å². The van der Waals surface area contributed by atoms with Gasteiger partial charge >= 0.3 is 18.3 Å². The van der Waals surface area contributed by atoms with Crippen LogP contribution in [0.3, 0.4) is 0 Å². The Morgan fingerprint density at radius 1 is 1.29 bits per heavy atom. The van der Waals surface area contributed by atoms with Crippen LogP contribution in [0.15, 0.2) is 12.2 Å². The van der Waals surface area contributed by atoms with Crippen molar-refractivity contribution in [1.29, 1.82) is 0 Å².